The smallest absolute Gasteiger partial charge is 0.248 e. The highest BCUT2D eigenvalue weighted by Gasteiger charge is 2.18. The first-order chi connectivity index (χ1) is 18.9. The molecule has 0 radical (unpaired) electrons. The molecule has 0 amide bonds. The lowest BCUT2D eigenvalue weighted by atomic mass is 10.0. The summed E-state index contributed by atoms with van der Waals surface area (Å²) in [6.45, 7) is 0. The molecule has 0 unspecified atom stereocenters. The summed E-state index contributed by atoms with van der Waals surface area (Å²) in [5, 5.41) is 9.39. The molecule has 10 heteroatoms. The van der Waals surface area contributed by atoms with E-state index in [9.17, 15) is 8.78 Å². The summed E-state index contributed by atoms with van der Waals surface area (Å²) in [4.78, 5) is 10.5. The van der Waals surface area contributed by atoms with Gasteiger partial charge in [-0.05, 0) is 70.5 Å². The predicted molar refractivity (Wildman–Crippen MR) is 151 cm³/mol. The zero-order valence-corrected chi connectivity index (χ0v) is 22.6. The average molecular weight is 600 g/mol. The Morgan fingerprint density at radius 3 is 2.38 bits per heavy atom. The minimum Gasteiger partial charge on any atom is -0.416 e. The lowest BCUT2D eigenvalue weighted by Crippen LogP contribution is -1.91. The Hall–Kier alpha value is -4.28. The van der Waals surface area contributed by atoms with Gasteiger partial charge in [0.05, 0.1) is 36.5 Å². The van der Waals surface area contributed by atoms with Gasteiger partial charge in [-0.25, -0.2) is 18.7 Å². The fourth-order valence-corrected chi connectivity index (χ4v) is 6.05. The second-order valence-corrected chi connectivity index (χ2v) is 11.4. The number of aromatic nitrogens is 5. The predicted octanol–water partition coefficient (Wildman–Crippen LogP) is 8.27. The van der Waals surface area contributed by atoms with E-state index in [0.717, 1.165) is 42.5 Å². The summed E-state index contributed by atoms with van der Waals surface area (Å²) in [5.41, 5.74) is 4.46. The zero-order valence-electron chi connectivity index (χ0n) is 20.2. The lowest BCUT2D eigenvalue weighted by molar-refractivity contribution is 0.584. The molecular weight excluding hydrogens is 584 g/mol. The monoisotopic (exact) mass is 599 g/mol. The van der Waals surface area contributed by atoms with E-state index in [4.69, 9.17) is 9.40 Å². The number of para-hydroxylation sites is 1. The number of rotatable bonds is 4. The van der Waals surface area contributed by atoms with E-state index in [-0.39, 0.29) is 5.89 Å². The second-order valence-electron chi connectivity index (χ2n) is 8.94. The van der Waals surface area contributed by atoms with Crippen molar-refractivity contribution >= 4 is 49.2 Å². The van der Waals surface area contributed by atoms with Crippen molar-refractivity contribution in [1.82, 2.24) is 24.7 Å². The number of hydrogen-bond acceptors (Lipinski definition) is 6. The Balaban J connectivity index is 1.32. The maximum absolute atomic E-state index is 14.0. The summed E-state index contributed by atoms with van der Waals surface area (Å²) >= 11 is 5.14. The number of pyridine rings is 1. The molecule has 0 N–H and O–H groups in total. The summed E-state index contributed by atoms with van der Waals surface area (Å²) in [5.74, 6) is 0.112. The summed E-state index contributed by atoms with van der Waals surface area (Å²) in [7, 11) is 1.99. The van der Waals surface area contributed by atoms with Gasteiger partial charge in [0.15, 0.2) is 5.82 Å². The lowest BCUT2D eigenvalue weighted by Gasteiger charge is -2.08. The Morgan fingerprint density at radius 2 is 1.59 bits per heavy atom. The van der Waals surface area contributed by atoms with Crippen molar-refractivity contribution in [3.05, 3.63) is 94.3 Å². The summed E-state index contributed by atoms with van der Waals surface area (Å²) in [6, 6.07) is 22.3. The molecule has 0 bridgehead atoms. The van der Waals surface area contributed by atoms with Crippen molar-refractivity contribution < 1.29 is 13.2 Å². The van der Waals surface area contributed by atoms with E-state index in [1.807, 2.05) is 61.6 Å². The van der Waals surface area contributed by atoms with Gasteiger partial charge in [-0.2, -0.15) is 0 Å². The molecule has 0 saturated heterocycles. The van der Waals surface area contributed by atoms with Crippen LogP contribution in [0.15, 0.2) is 87.1 Å². The van der Waals surface area contributed by atoms with Crippen molar-refractivity contribution in [2.75, 3.05) is 0 Å². The number of hydrogen-bond donors (Lipinski definition) is 0. The molecule has 0 atom stereocenters. The maximum Gasteiger partial charge on any atom is 0.248 e. The van der Waals surface area contributed by atoms with Crippen molar-refractivity contribution in [2.24, 2.45) is 7.05 Å². The van der Waals surface area contributed by atoms with Crippen molar-refractivity contribution in [3.63, 3.8) is 0 Å². The third kappa shape index (κ3) is 4.21. The van der Waals surface area contributed by atoms with Crippen molar-refractivity contribution in [1.29, 1.82) is 0 Å². The highest BCUT2D eigenvalue weighted by Crippen LogP contribution is 2.35. The van der Waals surface area contributed by atoms with Gasteiger partial charge in [0.1, 0.15) is 11.6 Å². The average Bonchev–Trinajstić information content (AvgIpc) is 3.66. The van der Waals surface area contributed by atoms with E-state index < -0.39 is 11.6 Å². The van der Waals surface area contributed by atoms with Crippen LogP contribution in [-0.2, 0) is 7.05 Å². The quantitative estimate of drug-likeness (QED) is 0.203. The number of imidazole rings is 1. The van der Waals surface area contributed by atoms with Crippen LogP contribution >= 0.6 is 27.3 Å². The van der Waals surface area contributed by atoms with E-state index in [0.29, 0.717) is 28.2 Å². The normalized spacial score (nSPS) is 11.6. The third-order valence-electron chi connectivity index (χ3n) is 6.45. The van der Waals surface area contributed by atoms with E-state index in [1.165, 1.54) is 12.1 Å². The molecule has 190 valence electrons. The Morgan fingerprint density at radius 1 is 0.795 bits per heavy atom. The zero-order chi connectivity index (χ0) is 26.7. The maximum atomic E-state index is 14.0. The van der Waals surface area contributed by atoms with Crippen LogP contribution in [0.5, 0.6) is 0 Å². The molecule has 3 aromatic carbocycles. The first kappa shape index (κ1) is 23.8. The van der Waals surface area contributed by atoms with Crippen molar-refractivity contribution in [2.45, 2.75) is 0 Å². The minimum absolute atomic E-state index is 0.270. The van der Waals surface area contributed by atoms with Crippen LogP contribution in [0, 0.1) is 11.6 Å². The summed E-state index contributed by atoms with van der Waals surface area (Å²) in [6.07, 6.45) is 0. The van der Waals surface area contributed by atoms with E-state index in [2.05, 4.69) is 35.7 Å². The number of benzene rings is 3. The van der Waals surface area contributed by atoms with Gasteiger partial charge >= 0.3 is 0 Å². The first-order valence-corrected chi connectivity index (χ1v) is 13.5. The molecule has 0 fully saturated rings. The van der Waals surface area contributed by atoms with Crippen LogP contribution in [0.1, 0.15) is 0 Å². The molecule has 4 heterocycles. The molecule has 0 saturated carbocycles. The van der Waals surface area contributed by atoms with Gasteiger partial charge < -0.3 is 8.98 Å². The van der Waals surface area contributed by atoms with Crippen molar-refractivity contribution in [3.8, 4) is 44.9 Å². The fraction of sp³-hybridized carbons (Fsp3) is 0.0345. The topological polar surface area (TPSA) is 69.6 Å². The molecule has 4 aromatic heterocycles. The molecule has 7 aromatic rings. The second kappa shape index (κ2) is 9.18. The molecule has 0 spiro atoms. The van der Waals surface area contributed by atoms with Crippen LogP contribution in [-0.4, -0.2) is 24.7 Å². The molecule has 7 rings (SSSR count). The number of fused-ring (bicyclic) bond motifs is 2. The molecule has 6 nitrogen and oxygen atoms in total. The third-order valence-corrected chi connectivity index (χ3v) is 8.07. The standard InChI is InChI=1S/C29H16BrF2N5OS/c1-37-24-7-6-15(12-23(24)34-27(37)25-8-9-26(30)39-25)28-35-36-29(38-28)20-14-22(16-10-17(31)13-18(32)11-16)33-21-5-3-2-4-19(20)21/h2-14H,1H3. The number of aryl methyl sites for hydroxylation is 1. The van der Waals surface area contributed by atoms with Crippen LogP contribution in [0.25, 0.3) is 66.8 Å². The molecular formula is C29H16BrF2N5OS. The summed E-state index contributed by atoms with van der Waals surface area (Å²) < 4.78 is 37.2. The number of halogens is 3. The highest BCUT2D eigenvalue weighted by atomic mass is 79.9. The van der Waals surface area contributed by atoms with Gasteiger partial charge in [-0.3, -0.25) is 0 Å². The number of thiophene rings is 1. The fourth-order valence-electron chi connectivity index (χ4n) is 4.64. The van der Waals surface area contributed by atoms with E-state index >= 15 is 0 Å². The molecule has 39 heavy (non-hydrogen) atoms. The van der Waals surface area contributed by atoms with Gasteiger partial charge in [0.2, 0.25) is 11.8 Å². The van der Waals surface area contributed by atoms with Gasteiger partial charge in [-0.15, -0.1) is 21.5 Å². The Labute approximate surface area is 232 Å². The van der Waals surface area contributed by atoms with Gasteiger partial charge in [0, 0.05) is 29.6 Å². The van der Waals surface area contributed by atoms with Crippen LogP contribution in [0.3, 0.4) is 0 Å². The van der Waals surface area contributed by atoms with E-state index in [1.54, 1.807) is 17.4 Å². The van der Waals surface area contributed by atoms with Crippen LogP contribution < -0.4 is 0 Å². The largest absolute Gasteiger partial charge is 0.416 e. The van der Waals surface area contributed by atoms with Crippen LogP contribution in [0.2, 0.25) is 0 Å². The Kier molecular flexibility index (Phi) is 5.60. The minimum atomic E-state index is -0.679. The SMILES string of the molecule is Cn1c(-c2ccc(Br)s2)nc2cc(-c3nnc(-c4cc(-c5cc(F)cc(F)c5)nc5ccccc45)o3)ccc21. The first-order valence-electron chi connectivity index (χ1n) is 11.9. The molecule has 0 aliphatic heterocycles. The van der Waals surface area contributed by atoms with Crippen LogP contribution in [0.4, 0.5) is 8.78 Å². The molecule has 0 aliphatic carbocycles. The number of nitrogens with zero attached hydrogens (tertiary/aromatic N) is 5. The van der Waals surface area contributed by atoms with Gasteiger partial charge in [-0.1, -0.05) is 18.2 Å². The highest BCUT2D eigenvalue weighted by molar-refractivity contribution is 9.11. The Bertz CT molecular complexity index is 2030. The molecule has 0 aliphatic rings. The van der Waals surface area contributed by atoms with Gasteiger partial charge in [0.25, 0.3) is 0 Å².